The Balaban J connectivity index is 2.09. The summed E-state index contributed by atoms with van der Waals surface area (Å²) in [4.78, 5) is 5.61. The normalized spacial score (nSPS) is 13.8. The van der Waals surface area contributed by atoms with Crippen LogP contribution in [0, 0.1) is 0 Å². The fraction of sp³-hybridized carbons (Fsp3) is 0.462. The number of rotatable bonds is 3. The molecule has 1 atom stereocenters. The monoisotopic (exact) mass is 301 g/mol. The van der Waals surface area contributed by atoms with Gasteiger partial charge in [-0.15, -0.1) is 22.7 Å². The van der Waals surface area contributed by atoms with Crippen LogP contribution in [-0.4, -0.2) is 10.1 Å². The molecule has 0 amide bonds. The van der Waals surface area contributed by atoms with Gasteiger partial charge in [0.05, 0.1) is 15.0 Å². The van der Waals surface area contributed by atoms with Crippen molar-refractivity contribution in [2.75, 3.05) is 0 Å². The maximum Gasteiger partial charge on any atom is 0.102 e. The molecule has 5 heteroatoms. The van der Waals surface area contributed by atoms with Crippen LogP contribution in [0.4, 0.5) is 0 Å². The zero-order chi connectivity index (χ0) is 13.3. The summed E-state index contributed by atoms with van der Waals surface area (Å²) in [5.41, 5.74) is 0.795. The summed E-state index contributed by atoms with van der Waals surface area (Å²) in [5.74, 6) is 0. The molecule has 0 bridgehead atoms. The standard InChI is InChI=1S/C13H16ClNOS2/c1-13(2,3)12-15-9(7-17-12)10(16)6-8-4-5-11(14)18-8/h4-5,7,10,16H,6H2,1-3H3. The summed E-state index contributed by atoms with van der Waals surface area (Å²) < 4.78 is 0.755. The molecule has 0 aromatic carbocycles. The molecule has 0 aliphatic carbocycles. The van der Waals surface area contributed by atoms with Crippen LogP contribution in [-0.2, 0) is 11.8 Å². The highest BCUT2D eigenvalue weighted by Gasteiger charge is 2.20. The van der Waals surface area contributed by atoms with Gasteiger partial charge in [-0.25, -0.2) is 4.98 Å². The predicted molar refractivity (Wildman–Crippen MR) is 78.8 cm³/mol. The minimum absolute atomic E-state index is 0.0366. The van der Waals surface area contributed by atoms with Crippen molar-refractivity contribution < 1.29 is 5.11 Å². The van der Waals surface area contributed by atoms with E-state index in [0.717, 1.165) is 19.9 Å². The van der Waals surface area contributed by atoms with E-state index in [9.17, 15) is 5.11 Å². The first-order chi connectivity index (χ1) is 8.36. The molecule has 0 aliphatic heterocycles. The summed E-state index contributed by atoms with van der Waals surface area (Å²) in [6.07, 6.45) is 0.0251. The lowest BCUT2D eigenvalue weighted by Crippen LogP contribution is -2.11. The molecule has 0 spiro atoms. The van der Waals surface area contributed by atoms with Crippen molar-refractivity contribution in [3.63, 3.8) is 0 Å². The fourth-order valence-electron chi connectivity index (χ4n) is 1.54. The summed E-state index contributed by atoms with van der Waals surface area (Å²) in [6, 6.07) is 3.81. The van der Waals surface area contributed by atoms with Gasteiger partial charge in [0.15, 0.2) is 0 Å². The van der Waals surface area contributed by atoms with Crippen LogP contribution in [0.2, 0.25) is 4.34 Å². The minimum atomic E-state index is -0.549. The van der Waals surface area contributed by atoms with Crippen LogP contribution in [0.1, 0.15) is 42.5 Å². The molecule has 2 rings (SSSR count). The van der Waals surface area contributed by atoms with Gasteiger partial charge in [0.1, 0.15) is 6.10 Å². The molecule has 98 valence electrons. The number of nitrogens with zero attached hydrogens (tertiary/aromatic N) is 1. The van der Waals surface area contributed by atoms with E-state index >= 15 is 0 Å². The van der Waals surface area contributed by atoms with E-state index in [1.165, 1.54) is 11.3 Å². The van der Waals surface area contributed by atoms with E-state index in [4.69, 9.17) is 11.6 Å². The van der Waals surface area contributed by atoms with Crippen molar-refractivity contribution in [1.82, 2.24) is 4.98 Å². The van der Waals surface area contributed by atoms with Crippen LogP contribution in [0.3, 0.4) is 0 Å². The third-order valence-corrected chi connectivity index (χ3v) is 5.07. The van der Waals surface area contributed by atoms with Gasteiger partial charge in [-0.05, 0) is 12.1 Å². The van der Waals surface area contributed by atoms with Crippen LogP contribution < -0.4 is 0 Å². The Labute approximate surface area is 120 Å². The van der Waals surface area contributed by atoms with Crippen molar-refractivity contribution >= 4 is 34.3 Å². The van der Waals surface area contributed by atoms with Crippen LogP contribution >= 0.6 is 34.3 Å². The second kappa shape index (κ2) is 5.29. The number of aliphatic hydroxyl groups excluding tert-OH is 1. The summed E-state index contributed by atoms with van der Waals surface area (Å²) in [6.45, 7) is 6.38. The molecule has 2 aromatic heterocycles. The molecule has 0 radical (unpaired) electrons. The Bertz CT molecular complexity index is 527. The summed E-state index contributed by atoms with van der Waals surface area (Å²) >= 11 is 8.99. The third-order valence-electron chi connectivity index (χ3n) is 2.53. The van der Waals surface area contributed by atoms with E-state index < -0.39 is 6.10 Å². The lowest BCUT2D eigenvalue weighted by molar-refractivity contribution is 0.175. The van der Waals surface area contributed by atoms with Gasteiger partial charge in [-0.1, -0.05) is 32.4 Å². The van der Waals surface area contributed by atoms with Crippen molar-refractivity contribution in [2.24, 2.45) is 0 Å². The number of hydrogen-bond acceptors (Lipinski definition) is 4. The SMILES string of the molecule is CC(C)(C)c1nc(C(O)Cc2ccc(Cl)s2)cs1. The van der Waals surface area contributed by atoms with Crippen molar-refractivity contribution in [2.45, 2.75) is 38.7 Å². The van der Waals surface area contributed by atoms with Gasteiger partial charge in [0, 0.05) is 22.1 Å². The molecule has 0 saturated heterocycles. The Hall–Kier alpha value is -0.420. The van der Waals surface area contributed by atoms with E-state index in [2.05, 4.69) is 25.8 Å². The highest BCUT2D eigenvalue weighted by atomic mass is 35.5. The van der Waals surface area contributed by atoms with Crippen molar-refractivity contribution in [3.8, 4) is 0 Å². The van der Waals surface area contributed by atoms with Gasteiger partial charge in [0.2, 0.25) is 0 Å². The molecule has 18 heavy (non-hydrogen) atoms. The topological polar surface area (TPSA) is 33.1 Å². The van der Waals surface area contributed by atoms with E-state index in [-0.39, 0.29) is 5.41 Å². The maximum atomic E-state index is 10.2. The van der Waals surface area contributed by atoms with Crippen LogP contribution in [0.15, 0.2) is 17.5 Å². The van der Waals surface area contributed by atoms with Gasteiger partial charge >= 0.3 is 0 Å². The van der Waals surface area contributed by atoms with Gasteiger partial charge in [0.25, 0.3) is 0 Å². The smallest absolute Gasteiger partial charge is 0.102 e. The highest BCUT2D eigenvalue weighted by molar-refractivity contribution is 7.16. The number of aromatic nitrogens is 1. The lowest BCUT2D eigenvalue weighted by Gasteiger charge is -2.14. The average Bonchev–Trinajstić information content (AvgIpc) is 2.85. The van der Waals surface area contributed by atoms with E-state index in [1.54, 1.807) is 11.3 Å². The third kappa shape index (κ3) is 3.32. The molecule has 1 N–H and O–H groups in total. The van der Waals surface area contributed by atoms with Gasteiger partial charge in [-0.3, -0.25) is 0 Å². The van der Waals surface area contributed by atoms with Gasteiger partial charge in [-0.2, -0.15) is 0 Å². The Morgan fingerprint density at radius 3 is 2.61 bits per heavy atom. The number of thiazole rings is 1. The molecular weight excluding hydrogens is 286 g/mol. The predicted octanol–water partition coefficient (Wildman–Crippen LogP) is 4.43. The molecule has 0 saturated carbocycles. The molecule has 2 heterocycles. The Morgan fingerprint density at radius 2 is 2.11 bits per heavy atom. The lowest BCUT2D eigenvalue weighted by atomic mass is 9.98. The second-order valence-electron chi connectivity index (χ2n) is 5.25. The second-order valence-corrected chi connectivity index (χ2v) is 7.91. The Kier molecular flexibility index (Phi) is 4.11. The number of hydrogen-bond donors (Lipinski definition) is 1. The molecule has 1 unspecified atom stereocenters. The summed E-state index contributed by atoms with van der Waals surface area (Å²) in [5, 5.41) is 13.2. The maximum absolute atomic E-state index is 10.2. The van der Waals surface area contributed by atoms with Crippen molar-refractivity contribution in [1.29, 1.82) is 0 Å². The van der Waals surface area contributed by atoms with Crippen LogP contribution in [0.5, 0.6) is 0 Å². The molecule has 0 fully saturated rings. The van der Waals surface area contributed by atoms with Gasteiger partial charge < -0.3 is 5.11 Å². The fourth-order valence-corrected chi connectivity index (χ4v) is 3.62. The van der Waals surface area contributed by atoms with E-state index in [1.807, 2.05) is 17.5 Å². The zero-order valence-electron chi connectivity index (χ0n) is 10.6. The molecular formula is C13H16ClNOS2. The molecule has 0 aliphatic rings. The number of halogens is 1. The number of thiophene rings is 1. The van der Waals surface area contributed by atoms with E-state index in [0.29, 0.717) is 6.42 Å². The number of aliphatic hydroxyl groups is 1. The van der Waals surface area contributed by atoms with Crippen LogP contribution in [0.25, 0.3) is 0 Å². The quantitative estimate of drug-likeness (QED) is 0.909. The zero-order valence-corrected chi connectivity index (χ0v) is 13.0. The summed E-state index contributed by atoms with van der Waals surface area (Å²) in [7, 11) is 0. The molecule has 2 nitrogen and oxygen atoms in total. The Morgan fingerprint density at radius 1 is 1.39 bits per heavy atom. The van der Waals surface area contributed by atoms with Crippen molar-refractivity contribution in [3.05, 3.63) is 37.4 Å². The largest absolute Gasteiger partial charge is 0.386 e. The minimum Gasteiger partial charge on any atom is -0.386 e. The first-order valence-corrected chi connectivity index (χ1v) is 7.82. The average molecular weight is 302 g/mol. The molecule has 2 aromatic rings. The first kappa shape index (κ1) is 14.0. The highest BCUT2D eigenvalue weighted by Crippen LogP contribution is 2.30. The first-order valence-electron chi connectivity index (χ1n) is 5.74.